The molecular weight excluding hydrogens is 144 g/mol. The number of rotatable bonds is 2. The van der Waals surface area contributed by atoms with Crippen LogP contribution < -0.4 is 0 Å². The minimum absolute atomic E-state index is 0.0781. The second-order valence-electron chi connectivity index (χ2n) is 3.92. The fourth-order valence-corrected chi connectivity index (χ4v) is 1.44. The van der Waals surface area contributed by atoms with E-state index in [0.29, 0.717) is 0 Å². The second-order valence-corrected chi connectivity index (χ2v) is 4.95. The van der Waals surface area contributed by atoms with Crippen molar-refractivity contribution in [1.82, 2.24) is 0 Å². The summed E-state index contributed by atoms with van der Waals surface area (Å²) in [7, 11) is 0. The van der Waals surface area contributed by atoms with Gasteiger partial charge in [0.25, 0.3) is 0 Å². The standard InChI is InChI=1S/C9H15Cl/c1-6-8(2,3)7-9(4,5)10/h1H,7H2,2-5H3. The van der Waals surface area contributed by atoms with Crippen molar-refractivity contribution >= 4 is 11.6 Å². The number of alkyl halides is 1. The summed E-state index contributed by atoms with van der Waals surface area (Å²) in [6.07, 6.45) is 6.15. The van der Waals surface area contributed by atoms with Gasteiger partial charge in [-0.2, -0.15) is 0 Å². The Balaban J connectivity index is 4.05. The van der Waals surface area contributed by atoms with Gasteiger partial charge in [0.05, 0.1) is 0 Å². The van der Waals surface area contributed by atoms with E-state index in [4.69, 9.17) is 18.0 Å². The summed E-state index contributed by atoms with van der Waals surface area (Å²) in [6.45, 7) is 8.01. The molecule has 0 atom stereocenters. The quantitative estimate of drug-likeness (QED) is 0.428. The summed E-state index contributed by atoms with van der Waals surface area (Å²) in [5, 5.41) is 0. The fourth-order valence-electron chi connectivity index (χ4n) is 1.10. The maximum Gasteiger partial charge on any atom is 0.0404 e. The first kappa shape index (κ1) is 9.85. The van der Waals surface area contributed by atoms with Gasteiger partial charge in [-0.25, -0.2) is 0 Å². The lowest BCUT2D eigenvalue weighted by Gasteiger charge is -2.25. The molecule has 0 nitrogen and oxygen atoms in total. The molecule has 0 bridgehead atoms. The Labute approximate surface area is 69.0 Å². The number of halogens is 1. The molecule has 0 aliphatic heterocycles. The zero-order chi connectivity index (χ0) is 8.41. The van der Waals surface area contributed by atoms with Crippen LogP contribution in [-0.4, -0.2) is 4.87 Å². The van der Waals surface area contributed by atoms with Crippen LogP contribution >= 0.6 is 11.6 Å². The molecule has 0 aliphatic carbocycles. The Morgan fingerprint density at radius 1 is 1.30 bits per heavy atom. The van der Waals surface area contributed by atoms with Crippen LogP contribution in [0.3, 0.4) is 0 Å². The Morgan fingerprint density at radius 2 is 1.70 bits per heavy atom. The average Bonchev–Trinajstić information content (AvgIpc) is 1.60. The van der Waals surface area contributed by atoms with E-state index in [-0.39, 0.29) is 10.3 Å². The lowest BCUT2D eigenvalue weighted by atomic mass is 9.85. The first-order chi connectivity index (χ1) is 4.27. The Bertz CT molecular complexity index is 143. The lowest BCUT2D eigenvalue weighted by molar-refractivity contribution is 0.401. The fraction of sp³-hybridized carbons (Fsp3) is 0.778. The van der Waals surface area contributed by atoms with Gasteiger partial charge in [-0.1, -0.05) is 0 Å². The minimum Gasteiger partial charge on any atom is -0.120 e. The molecule has 0 aliphatic rings. The number of terminal acetylenes is 1. The van der Waals surface area contributed by atoms with E-state index in [9.17, 15) is 0 Å². The zero-order valence-electron chi connectivity index (χ0n) is 7.16. The van der Waals surface area contributed by atoms with E-state index in [1.54, 1.807) is 0 Å². The molecule has 1 heteroatoms. The molecule has 0 saturated heterocycles. The highest BCUT2D eigenvalue weighted by molar-refractivity contribution is 6.23. The van der Waals surface area contributed by atoms with Gasteiger partial charge in [-0.05, 0) is 34.1 Å². The maximum atomic E-state index is 6.00. The van der Waals surface area contributed by atoms with Crippen molar-refractivity contribution in [3.05, 3.63) is 0 Å². The highest BCUT2D eigenvalue weighted by Crippen LogP contribution is 2.30. The van der Waals surface area contributed by atoms with Gasteiger partial charge in [0.1, 0.15) is 0 Å². The van der Waals surface area contributed by atoms with Gasteiger partial charge >= 0.3 is 0 Å². The maximum absolute atomic E-state index is 6.00. The van der Waals surface area contributed by atoms with Crippen molar-refractivity contribution in [2.45, 2.75) is 39.0 Å². The van der Waals surface area contributed by atoms with Gasteiger partial charge in [-0.15, -0.1) is 23.9 Å². The molecule has 0 fully saturated rings. The van der Waals surface area contributed by atoms with Crippen molar-refractivity contribution in [3.8, 4) is 12.3 Å². The Hall–Kier alpha value is -0.150. The van der Waals surface area contributed by atoms with Crippen LogP contribution in [0.5, 0.6) is 0 Å². The summed E-state index contributed by atoms with van der Waals surface area (Å²) in [6, 6.07) is 0. The molecule has 0 heterocycles. The van der Waals surface area contributed by atoms with Crippen LogP contribution in [0.2, 0.25) is 0 Å². The molecular formula is C9H15Cl. The van der Waals surface area contributed by atoms with Crippen molar-refractivity contribution in [2.24, 2.45) is 5.41 Å². The van der Waals surface area contributed by atoms with E-state index < -0.39 is 0 Å². The summed E-state index contributed by atoms with van der Waals surface area (Å²) in [5.74, 6) is 2.71. The molecule has 0 aromatic rings. The first-order valence-electron chi connectivity index (χ1n) is 3.43. The molecule has 58 valence electrons. The van der Waals surface area contributed by atoms with Gasteiger partial charge in [-0.3, -0.25) is 0 Å². The smallest absolute Gasteiger partial charge is 0.0404 e. The normalized spacial score (nSPS) is 12.8. The lowest BCUT2D eigenvalue weighted by Crippen LogP contribution is -2.21. The highest BCUT2D eigenvalue weighted by Gasteiger charge is 2.24. The third-order valence-corrected chi connectivity index (χ3v) is 1.39. The van der Waals surface area contributed by atoms with E-state index >= 15 is 0 Å². The van der Waals surface area contributed by atoms with Crippen LogP contribution in [-0.2, 0) is 0 Å². The minimum atomic E-state index is -0.185. The van der Waals surface area contributed by atoms with Gasteiger partial charge in [0.2, 0.25) is 0 Å². The molecule has 10 heavy (non-hydrogen) atoms. The summed E-state index contributed by atoms with van der Waals surface area (Å²) in [5.41, 5.74) is -0.0781. The SMILES string of the molecule is C#CC(C)(C)CC(C)(C)Cl. The number of hydrogen-bond donors (Lipinski definition) is 0. The molecule has 0 unspecified atom stereocenters. The monoisotopic (exact) mass is 158 g/mol. The van der Waals surface area contributed by atoms with Gasteiger partial charge < -0.3 is 0 Å². The molecule has 0 aromatic heterocycles. The second kappa shape index (κ2) is 2.84. The van der Waals surface area contributed by atoms with Crippen molar-refractivity contribution < 1.29 is 0 Å². The summed E-state index contributed by atoms with van der Waals surface area (Å²) < 4.78 is 0. The third kappa shape index (κ3) is 4.70. The van der Waals surface area contributed by atoms with Crippen LogP contribution in [0.15, 0.2) is 0 Å². The molecule has 0 saturated carbocycles. The number of hydrogen-bond acceptors (Lipinski definition) is 0. The largest absolute Gasteiger partial charge is 0.120 e. The van der Waals surface area contributed by atoms with E-state index in [1.807, 2.05) is 27.7 Å². The van der Waals surface area contributed by atoms with E-state index in [2.05, 4.69) is 5.92 Å². The molecule has 0 amide bonds. The molecule has 0 radical (unpaired) electrons. The zero-order valence-corrected chi connectivity index (χ0v) is 7.92. The average molecular weight is 159 g/mol. The molecule has 0 N–H and O–H groups in total. The highest BCUT2D eigenvalue weighted by atomic mass is 35.5. The van der Waals surface area contributed by atoms with Gasteiger partial charge in [0.15, 0.2) is 0 Å². The predicted molar refractivity (Wildman–Crippen MR) is 47.2 cm³/mol. The van der Waals surface area contributed by atoms with Crippen LogP contribution in [0.4, 0.5) is 0 Å². The topological polar surface area (TPSA) is 0 Å². The van der Waals surface area contributed by atoms with Crippen LogP contribution in [0.1, 0.15) is 34.1 Å². The molecule has 0 aromatic carbocycles. The van der Waals surface area contributed by atoms with Crippen LogP contribution in [0, 0.1) is 17.8 Å². The van der Waals surface area contributed by atoms with Gasteiger partial charge in [0, 0.05) is 10.3 Å². The third-order valence-electron chi connectivity index (χ3n) is 1.25. The molecule has 0 rings (SSSR count). The first-order valence-corrected chi connectivity index (χ1v) is 3.81. The van der Waals surface area contributed by atoms with E-state index in [0.717, 1.165) is 6.42 Å². The van der Waals surface area contributed by atoms with Crippen molar-refractivity contribution in [1.29, 1.82) is 0 Å². The Morgan fingerprint density at radius 3 is 1.80 bits per heavy atom. The summed E-state index contributed by atoms with van der Waals surface area (Å²) >= 11 is 6.00. The molecule has 0 spiro atoms. The Kier molecular flexibility index (Phi) is 2.80. The van der Waals surface area contributed by atoms with Crippen LogP contribution in [0.25, 0.3) is 0 Å². The summed E-state index contributed by atoms with van der Waals surface area (Å²) in [4.78, 5) is -0.185. The van der Waals surface area contributed by atoms with Crippen molar-refractivity contribution in [2.75, 3.05) is 0 Å². The van der Waals surface area contributed by atoms with E-state index in [1.165, 1.54) is 0 Å². The van der Waals surface area contributed by atoms with Crippen molar-refractivity contribution in [3.63, 3.8) is 0 Å². The predicted octanol–water partition coefficient (Wildman–Crippen LogP) is 3.05.